The number of aliphatic hydroxyl groups is 1. The fourth-order valence-corrected chi connectivity index (χ4v) is 5.85. The second-order valence-electron chi connectivity index (χ2n) is 10.6. The predicted octanol–water partition coefficient (Wildman–Crippen LogP) is 4.90. The van der Waals surface area contributed by atoms with E-state index in [0.29, 0.717) is 37.6 Å². The summed E-state index contributed by atoms with van der Waals surface area (Å²) >= 11 is 6.36. The monoisotopic (exact) mass is 573 g/mol. The van der Waals surface area contributed by atoms with Crippen LogP contribution in [0, 0.1) is 12.8 Å². The van der Waals surface area contributed by atoms with Crippen molar-refractivity contribution in [2.24, 2.45) is 5.92 Å². The van der Waals surface area contributed by atoms with Crippen LogP contribution in [-0.4, -0.2) is 56.4 Å². The van der Waals surface area contributed by atoms with Crippen LogP contribution in [0.25, 0.3) is 0 Å². The smallest absolute Gasteiger partial charge is 0.416 e. The van der Waals surface area contributed by atoms with Gasteiger partial charge in [-0.05, 0) is 54.8 Å². The van der Waals surface area contributed by atoms with Gasteiger partial charge in [0.15, 0.2) is 0 Å². The number of fused-ring (bicyclic) bond motifs is 2. The van der Waals surface area contributed by atoms with Crippen LogP contribution in [-0.2, 0) is 6.54 Å². The molecule has 2 aromatic carbocycles. The standard InChI is InChI=1S/C31H32ClN5O4/c1-20-2-7-25(8-3-20)41-31(39)37-15-12-26-27-18-22(32)6-11-28(27)34-29(26)30(37)21-4-9-24(10-5-21)40-17-13-23(38)19-36-16-14-33-35-36/h2-11,14,16,18,23,27-28,30,34,38H,12-13,15,17,19H2,1H3/t23?,27?,28?,30-/m0/s1. The number of nitrogens with zero attached hydrogens (tertiary/aromatic N) is 4. The zero-order chi connectivity index (χ0) is 28.3. The highest BCUT2D eigenvalue weighted by atomic mass is 35.5. The molecule has 0 radical (unpaired) electrons. The molecular formula is C31H32ClN5O4. The Morgan fingerprint density at radius 1 is 1.17 bits per heavy atom. The minimum absolute atomic E-state index is 0.102. The summed E-state index contributed by atoms with van der Waals surface area (Å²) in [6.45, 7) is 3.24. The molecule has 41 heavy (non-hydrogen) atoms. The average Bonchev–Trinajstić information content (AvgIpc) is 3.61. The Morgan fingerprint density at radius 3 is 2.71 bits per heavy atom. The molecule has 3 unspecified atom stereocenters. The lowest BCUT2D eigenvalue weighted by Crippen LogP contribution is -2.43. The number of carbonyl (C=O) groups excluding carboxylic acids is 1. The van der Waals surface area contributed by atoms with Gasteiger partial charge in [0.25, 0.3) is 0 Å². The second kappa shape index (κ2) is 11.8. The highest BCUT2D eigenvalue weighted by molar-refractivity contribution is 6.31. The van der Waals surface area contributed by atoms with Crippen molar-refractivity contribution in [3.05, 3.63) is 107 Å². The lowest BCUT2D eigenvalue weighted by Gasteiger charge is -2.37. The largest absolute Gasteiger partial charge is 0.493 e. The third-order valence-electron chi connectivity index (χ3n) is 7.71. The van der Waals surface area contributed by atoms with Gasteiger partial charge in [-0.3, -0.25) is 4.90 Å². The van der Waals surface area contributed by atoms with Gasteiger partial charge in [0.1, 0.15) is 17.5 Å². The first kappa shape index (κ1) is 27.1. The maximum absolute atomic E-state index is 13.5. The number of carbonyl (C=O) groups is 1. The molecule has 3 aromatic rings. The van der Waals surface area contributed by atoms with Gasteiger partial charge in [-0.1, -0.05) is 58.8 Å². The fourth-order valence-electron chi connectivity index (χ4n) is 5.64. The van der Waals surface area contributed by atoms with Crippen LogP contribution in [0.15, 0.2) is 95.5 Å². The Hall–Kier alpha value is -4.08. The SMILES string of the molecule is Cc1ccc(OC(=O)N2CCC3=C(NC4C=CC(Cl)=CC34)[C@@H]2c2ccc(OCCC(O)Cn3ccnn3)cc2)cc1. The maximum atomic E-state index is 13.5. The molecule has 3 heterocycles. The van der Waals surface area contributed by atoms with E-state index in [1.807, 2.05) is 61.5 Å². The lowest BCUT2D eigenvalue weighted by molar-refractivity contribution is 0.118. The van der Waals surface area contributed by atoms with Crippen molar-refractivity contribution in [1.29, 1.82) is 0 Å². The van der Waals surface area contributed by atoms with Gasteiger partial charge in [0.2, 0.25) is 0 Å². The lowest BCUT2D eigenvalue weighted by atomic mass is 9.85. The number of hydrogen-bond donors (Lipinski definition) is 2. The van der Waals surface area contributed by atoms with E-state index in [1.54, 1.807) is 22.0 Å². The van der Waals surface area contributed by atoms with Gasteiger partial charge in [-0.2, -0.15) is 0 Å². The first-order valence-electron chi connectivity index (χ1n) is 13.8. The molecule has 1 amide bonds. The number of rotatable bonds is 8. The second-order valence-corrected chi connectivity index (χ2v) is 11.0. The molecular weight excluding hydrogens is 542 g/mol. The zero-order valence-corrected chi connectivity index (χ0v) is 23.4. The Kier molecular flexibility index (Phi) is 7.80. The molecule has 0 spiro atoms. The summed E-state index contributed by atoms with van der Waals surface area (Å²) in [5.41, 5.74) is 4.33. The van der Waals surface area contributed by atoms with E-state index < -0.39 is 12.2 Å². The number of aliphatic hydroxyl groups excluding tert-OH is 1. The van der Waals surface area contributed by atoms with Gasteiger partial charge in [-0.15, -0.1) is 5.10 Å². The molecule has 9 nitrogen and oxygen atoms in total. The number of allylic oxidation sites excluding steroid dienone is 2. The number of nitrogens with one attached hydrogen (secondary N) is 1. The highest BCUT2D eigenvalue weighted by Gasteiger charge is 2.43. The van der Waals surface area contributed by atoms with Crippen LogP contribution in [0.3, 0.4) is 0 Å². The topological polar surface area (TPSA) is 102 Å². The number of ether oxygens (including phenoxy) is 2. The molecule has 2 N–H and O–H groups in total. The first-order chi connectivity index (χ1) is 19.9. The summed E-state index contributed by atoms with van der Waals surface area (Å²) in [5.74, 6) is 1.36. The van der Waals surface area contributed by atoms with Gasteiger partial charge in [0.05, 0.1) is 31.5 Å². The Balaban J connectivity index is 1.19. The summed E-state index contributed by atoms with van der Waals surface area (Å²) in [6, 6.07) is 15.0. The van der Waals surface area contributed by atoms with Crippen molar-refractivity contribution in [2.45, 2.75) is 44.5 Å². The van der Waals surface area contributed by atoms with Crippen molar-refractivity contribution in [3.63, 3.8) is 0 Å². The number of aromatic nitrogens is 3. The molecule has 212 valence electrons. The molecule has 2 aliphatic heterocycles. The van der Waals surface area contributed by atoms with E-state index in [9.17, 15) is 9.90 Å². The Morgan fingerprint density at radius 2 is 1.95 bits per heavy atom. The molecule has 0 bridgehead atoms. The van der Waals surface area contributed by atoms with Crippen LogP contribution in [0.5, 0.6) is 11.5 Å². The van der Waals surface area contributed by atoms with E-state index in [1.165, 1.54) is 5.57 Å². The molecule has 1 aromatic heterocycles. The van der Waals surface area contributed by atoms with Gasteiger partial charge in [-0.25, -0.2) is 9.48 Å². The molecule has 3 aliphatic rings. The molecule has 0 fully saturated rings. The van der Waals surface area contributed by atoms with Crippen molar-refractivity contribution >= 4 is 17.7 Å². The van der Waals surface area contributed by atoms with Crippen LogP contribution >= 0.6 is 11.6 Å². The van der Waals surface area contributed by atoms with Crippen molar-refractivity contribution < 1.29 is 19.4 Å². The quantitative estimate of drug-likeness (QED) is 0.395. The van der Waals surface area contributed by atoms with E-state index in [-0.39, 0.29) is 18.0 Å². The van der Waals surface area contributed by atoms with E-state index in [4.69, 9.17) is 21.1 Å². The maximum Gasteiger partial charge on any atom is 0.416 e. The molecule has 0 saturated carbocycles. The van der Waals surface area contributed by atoms with Crippen LogP contribution in [0.2, 0.25) is 0 Å². The van der Waals surface area contributed by atoms with Crippen molar-refractivity contribution in [2.75, 3.05) is 13.2 Å². The van der Waals surface area contributed by atoms with Crippen LogP contribution in [0.1, 0.15) is 30.0 Å². The highest BCUT2D eigenvalue weighted by Crippen LogP contribution is 2.45. The number of hydrogen-bond acceptors (Lipinski definition) is 7. The fraction of sp³-hybridized carbons (Fsp3) is 0.323. The molecule has 10 heteroatoms. The number of halogens is 1. The Labute approximate surface area is 243 Å². The number of aryl methyl sites for hydroxylation is 1. The average molecular weight is 574 g/mol. The van der Waals surface area contributed by atoms with Crippen LogP contribution < -0.4 is 14.8 Å². The predicted molar refractivity (Wildman–Crippen MR) is 154 cm³/mol. The summed E-state index contributed by atoms with van der Waals surface area (Å²) < 4.78 is 13.3. The molecule has 1 aliphatic carbocycles. The minimum atomic E-state index is -0.592. The first-order valence-corrected chi connectivity index (χ1v) is 14.2. The van der Waals surface area contributed by atoms with E-state index in [2.05, 4.69) is 27.8 Å². The van der Waals surface area contributed by atoms with E-state index >= 15 is 0 Å². The summed E-state index contributed by atoms with van der Waals surface area (Å²) in [4.78, 5) is 15.3. The molecule has 4 atom stereocenters. The third kappa shape index (κ3) is 6.01. The molecule has 6 rings (SSSR count). The Bertz CT molecular complexity index is 1470. The zero-order valence-electron chi connectivity index (χ0n) is 22.7. The van der Waals surface area contributed by atoms with Crippen molar-refractivity contribution in [1.82, 2.24) is 25.2 Å². The minimum Gasteiger partial charge on any atom is -0.493 e. The normalized spacial score (nSPS) is 22.0. The number of amides is 1. The molecule has 0 saturated heterocycles. The summed E-state index contributed by atoms with van der Waals surface area (Å²) in [6.07, 6.45) is 9.59. The van der Waals surface area contributed by atoms with Crippen molar-refractivity contribution in [3.8, 4) is 11.5 Å². The third-order valence-corrected chi connectivity index (χ3v) is 7.96. The summed E-state index contributed by atoms with van der Waals surface area (Å²) in [5, 5.41) is 22.3. The van der Waals surface area contributed by atoms with Gasteiger partial charge < -0.3 is 19.9 Å². The van der Waals surface area contributed by atoms with Crippen LogP contribution in [0.4, 0.5) is 4.79 Å². The van der Waals surface area contributed by atoms with Gasteiger partial charge >= 0.3 is 6.09 Å². The van der Waals surface area contributed by atoms with E-state index in [0.717, 1.165) is 28.3 Å². The van der Waals surface area contributed by atoms with Gasteiger partial charge in [0, 0.05) is 35.8 Å². The summed E-state index contributed by atoms with van der Waals surface area (Å²) in [7, 11) is 0. The number of benzene rings is 2.